The second-order valence-electron chi connectivity index (χ2n) is 4.51. The number of piperidine rings is 1. The molecule has 0 bridgehead atoms. The number of aliphatic hydroxyl groups is 1. The Morgan fingerprint density at radius 2 is 2.29 bits per heavy atom. The molecular weight excluding hydrogens is 221 g/mol. The summed E-state index contributed by atoms with van der Waals surface area (Å²) < 4.78 is 13.1. The van der Waals surface area contributed by atoms with Crippen molar-refractivity contribution in [3.8, 4) is 0 Å². The van der Waals surface area contributed by atoms with Crippen LogP contribution in [0.1, 0.15) is 28.8 Å². The van der Waals surface area contributed by atoms with Crippen molar-refractivity contribution in [1.82, 2.24) is 4.90 Å². The van der Waals surface area contributed by atoms with Gasteiger partial charge >= 0.3 is 0 Å². The molecule has 1 N–H and O–H groups in total. The Bertz CT molecular complexity index is 433. The molecule has 1 amide bonds. The van der Waals surface area contributed by atoms with Gasteiger partial charge in [-0.3, -0.25) is 4.79 Å². The zero-order valence-corrected chi connectivity index (χ0v) is 9.82. The standard InChI is InChI=1S/C13H16FNO2/c1-9-4-5-10(14)7-12(9)13(17)15-6-2-3-11(16)8-15/h4-5,7,11,16H,2-3,6,8H2,1H3. The highest BCUT2D eigenvalue weighted by molar-refractivity contribution is 5.95. The third-order valence-electron chi connectivity index (χ3n) is 3.11. The molecule has 1 atom stereocenters. The molecular formula is C13H16FNO2. The van der Waals surface area contributed by atoms with Gasteiger partial charge in [-0.25, -0.2) is 4.39 Å². The minimum atomic E-state index is -0.457. The normalized spacial score (nSPS) is 20.4. The van der Waals surface area contributed by atoms with Crippen molar-refractivity contribution >= 4 is 5.91 Å². The number of hydrogen-bond acceptors (Lipinski definition) is 2. The average Bonchev–Trinajstić information content (AvgIpc) is 2.31. The molecule has 1 heterocycles. The van der Waals surface area contributed by atoms with E-state index in [4.69, 9.17) is 0 Å². The van der Waals surface area contributed by atoms with Gasteiger partial charge in [0.05, 0.1) is 6.10 Å². The van der Waals surface area contributed by atoms with Crippen LogP contribution in [0.5, 0.6) is 0 Å². The highest BCUT2D eigenvalue weighted by atomic mass is 19.1. The fraction of sp³-hybridized carbons (Fsp3) is 0.462. The molecule has 0 saturated carbocycles. The van der Waals surface area contributed by atoms with Crippen molar-refractivity contribution in [3.63, 3.8) is 0 Å². The summed E-state index contributed by atoms with van der Waals surface area (Å²) in [5, 5.41) is 9.53. The van der Waals surface area contributed by atoms with E-state index in [1.807, 2.05) is 0 Å². The number of halogens is 1. The molecule has 3 nitrogen and oxygen atoms in total. The van der Waals surface area contributed by atoms with Crippen molar-refractivity contribution in [2.45, 2.75) is 25.9 Å². The quantitative estimate of drug-likeness (QED) is 0.808. The van der Waals surface area contributed by atoms with E-state index >= 15 is 0 Å². The molecule has 92 valence electrons. The molecule has 2 rings (SSSR count). The Kier molecular flexibility index (Phi) is 3.43. The van der Waals surface area contributed by atoms with E-state index in [1.54, 1.807) is 17.9 Å². The molecule has 0 aliphatic carbocycles. The summed E-state index contributed by atoms with van der Waals surface area (Å²) in [5.41, 5.74) is 1.15. The zero-order valence-electron chi connectivity index (χ0n) is 9.82. The lowest BCUT2D eigenvalue weighted by molar-refractivity contribution is 0.0473. The number of carbonyl (C=O) groups is 1. The Labute approximate surface area is 99.9 Å². The first-order valence-electron chi connectivity index (χ1n) is 5.81. The summed E-state index contributed by atoms with van der Waals surface area (Å²) in [6, 6.07) is 4.21. The largest absolute Gasteiger partial charge is 0.391 e. The maximum Gasteiger partial charge on any atom is 0.254 e. The molecule has 4 heteroatoms. The van der Waals surface area contributed by atoms with E-state index in [0.717, 1.165) is 18.4 Å². The fourth-order valence-electron chi connectivity index (χ4n) is 2.13. The van der Waals surface area contributed by atoms with Crippen LogP contribution >= 0.6 is 0 Å². The molecule has 1 unspecified atom stereocenters. The van der Waals surface area contributed by atoms with Gasteiger partial charge in [0.25, 0.3) is 5.91 Å². The summed E-state index contributed by atoms with van der Waals surface area (Å²) in [6.45, 7) is 2.76. The molecule has 1 saturated heterocycles. The number of benzene rings is 1. The predicted octanol–water partition coefficient (Wildman–Crippen LogP) is 1.73. The molecule has 1 aliphatic rings. The van der Waals surface area contributed by atoms with E-state index in [-0.39, 0.29) is 5.91 Å². The predicted molar refractivity (Wildman–Crippen MR) is 62.3 cm³/mol. The van der Waals surface area contributed by atoms with Crippen LogP contribution in [0.15, 0.2) is 18.2 Å². The number of likely N-dealkylation sites (tertiary alicyclic amines) is 1. The van der Waals surface area contributed by atoms with Crippen LogP contribution < -0.4 is 0 Å². The van der Waals surface area contributed by atoms with E-state index in [9.17, 15) is 14.3 Å². The topological polar surface area (TPSA) is 40.5 Å². The van der Waals surface area contributed by atoms with E-state index in [0.29, 0.717) is 18.7 Å². The number of β-amino-alcohol motifs (C(OH)–C–C–N with tert-alkyl or cyclic N) is 1. The van der Waals surface area contributed by atoms with Crippen molar-refractivity contribution in [2.75, 3.05) is 13.1 Å². The highest BCUT2D eigenvalue weighted by Gasteiger charge is 2.24. The maximum atomic E-state index is 13.1. The smallest absolute Gasteiger partial charge is 0.254 e. The lowest BCUT2D eigenvalue weighted by Gasteiger charge is -2.30. The number of hydrogen-bond donors (Lipinski definition) is 1. The first-order chi connectivity index (χ1) is 8.08. The van der Waals surface area contributed by atoms with Crippen LogP contribution in [-0.4, -0.2) is 35.1 Å². The van der Waals surface area contributed by atoms with Gasteiger partial charge in [-0.1, -0.05) is 6.07 Å². The number of carbonyl (C=O) groups excluding carboxylic acids is 1. The lowest BCUT2D eigenvalue weighted by atomic mass is 10.0. The average molecular weight is 237 g/mol. The number of aryl methyl sites for hydroxylation is 1. The van der Waals surface area contributed by atoms with Crippen molar-refractivity contribution in [2.24, 2.45) is 0 Å². The molecule has 0 radical (unpaired) electrons. The van der Waals surface area contributed by atoms with Gasteiger partial charge in [0.15, 0.2) is 0 Å². The fourth-order valence-corrected chi connectivity index (χ4v) is 2.13. The third-order valence-corrected chi connectivity index (χ3v) is 3.11. The van der Waals surface area contributed by atoms with Gasteiger partial charge in [0.2, 0.25) is 0 Å². The zero-order chi connectivity index (χ0) is 12.4. The van der Waals surface area contributed by atoms with Gasteiger partial charge in [-0.05, 0) is 37.5 Å². The highest BCUT2D eigenvalue weighted by Crippen LogP contribution is 2.17. The van der Waals surface area contributed by atoms with Crippen LogP contribution in [0.3, 0.4) is 0 Å². The van der Waals surface area contributed by atoms with Crippen molar-refractivity contribution in [3.05, 3.63) is 35.1 Å². The minimum Gasteiger partial charge on any atom is -0.391 e. The number of amides is 1. The van der Waals surface area contributed by atoms with Crippen LogP contribution in [0.2, 0.25) is 0 Å². The maximum absolute atomic E-state index is 13.1. The number of aliphatic hydroxyl groups excluding tert-OH is 1. The molecule has 17 heavy (non-hydrogen) atoms. The second kappa shape index (κ2) is 4.84. The summed E-state index contributed by atoms with van der Waals surface area (Å²) in [5.74, 6) is -0.600. The van der Waals surface area contributed by atoms with Gasteiger partial charge in [-0.2, -0.15) is 0 Å². The molecule has 0 aromatic heterocycles. The number of rotatable bonds is 1. The SMILES string of the molecule is Cc1ccc(F)cc1C(=O)N1CCCC(O)C1. The van der Waals surface area contributed by atoms with Crippen molar-refractivity contribution < 1.29 is 14.3 Å². The van der Waals surface area contributed by atoms with E-state index in [1.165, 1.54) is 12.1 Å². The van der Waals surface area contributed by atoms with Crippen LogP contribution in [0, 0.1) is 12.7 Å². The first-order valence-corrected chi connectivity index (χ1v) is 5.81. The molecule has 1 aromatic rings. The number of nitrogens with zero attached hydrogens (tertiary/aromatic N) is 1. The molecule has 1 fully saturated rings. The summed E-state index contributed by atoms with van der Waals surface area (Å²) in [6.07, 6.45) is 1.06. The Morgan fingerprint density at radius 3 is 3.00 bits per heavy atom. The summed E-state index contributed by atoms with van der Waals surface area (Å²) in [4.78, 5) is 13.8. The summed E-state index contributed by atoms with van der Waals surface area (Å²) in [7, 11) is 0. The first kappa shape index (κ1) is 12.0. The van der Waals surface area contributed by atoms with Gasteiger partial charge in [0, 0.05) is 18.7 Å². The van der Waals surface area contributed by atoms with Crippen LogP contribution in [0.4, 0.5) is 4.39 Å². The van der Waals surface area contributed by atoms with Gasteiger partial charge < -0.3 is 10.0 Å². The van der Waals surface area contributed by atoms with Crippen LogP contribution in [-0.2, 0) is 0 Å². The van der Waals surface area contributed by atoms with Crippen LogP contribution in [0.25, 0.3) is 0 Å². The Hall–Kier alpha value is -1.42. The molecule has 1 aromatic carbocycles. The lowest BCUT2D eigenvalue weighted by Crippen LogP contribution is -2.42. The second-order valence-corrected chi connectivity index (χ2v) is 4.51. The molecule has 0 spiro atoms. The van der Waals surface area contributed by atoms with Crippen molar-refractivity contribution in [1.29, 1.82) is 0 Å². The van der Waals surface area contributed by atoms with Gasteiger partial charge in [-0.15, -0.1) is 0 Å². The van der Waals surface area contributed by atoms with E-state index in [2.05, 4.69) is 0 Å². The summed E-state index contributed by atoms with van der Waals surface area (Å²) >= 11 is 0. The Morgan fingerprint density at radius 1 is 1.53 bits per heavy atom. The minimum absolute atomic E-state index is 0.194. The Balaban J connectivity index is 2.21. The third kappa shape index (κ3) is 2.64. The van der Waals surface area contributed by atoms with Gasteiger partial charge in [0.1, 0.15) is 5.82 Å². The van der Waals surface area contributed by atoms with E-state index < -0.39 is 11.9 Å². The monoisotopic (exact) mass is 237 g/mol. The molecule has 1 aliphatic heterocycles.